The fourth-order valence-electron chi connectivity index (χ4n) is 1.96. The molecule has 2 aromatic rings. The smallest absolute Gasteiger partial charge is 0.163 e. The molecule has 0 aliphatic rings. The molecular formula is C16H14Br2O2. The van der Waals surface area contributed by atoms with Crippen LogP contribution in [0.4, 0.5) is 0 Å². The Kier molecular flexibility index (Phi) is 4.66. The summed E-state index contributed by atoms with van der Waals surface area (Å²) in [6.45, 7) is 5.56. The summed E-state index contributed by atoms with van der Waals surface area (Å²) in [6, 6.07) is 9.33. The second kappa shape index (κ2) is 6.10. The number of carbonyl (C=O) groups excluding carboxylic acids is 1. The molecule has 0 atom stereocenters. The number of halogens is 2. The topological polar surface area (TPSA) is 26.3 Å². The predicted molar refractivity (Wildman–Crippen MR) is 87.8 cm³/mol. The number of carbonyl (C=O) groups is 1. The number of hydrogen-bond acceptors (Lipinski definition) is 2. The second-order valence-electron chi connectivity index (χ2n) is 4.67. The first-order valence-corrected chi connectivity index (χ1v) is 7.72. The maximum Gasteiger partial charge on any atom is 0.163 e. The number of ketones is 1. The molecule has 104 valence electrons. The number of hydrogen-bond donors (Lipinski definition) is 0. The third kappa shape index (κ3) is 3.30. The Labute approximate surface area is 135 Å². The fraction of sp³-hybridized carbons (Fsp3) is 0.188. The highest BCUT2D eigenvalue weighted by Crippen LogP contribution is 2.32. The van der Waals surface area contributed by atoms with E-state index in [1.807, 2.05) is 32.0 Å². The van der Waals surface area contributed by atoms with Crippen LogP contribution in [0.2, 0.25) is 0 Å². The van der Waals surface area contributed by atoms with Crippen LogP contribution in [0.3, 0.4) is 0 Å². The molecule has 0 N–H and O–H groups in total. The summed E-state index contributed by atoms with van der Waals surface area (Å²) < 4.78 is 7.82. The second-order valence-corrected chi connectivity index (χ2v) is 6.38. The Morgan fingerprint density at radius 1 is 1.05 bits per heavy atom. The Hall–Kier alpha value is -1.13. The van der Waals surface area contributed by atoms with Crippen LogP contribution in [0.15, 0.2) is 39.3 Å². The summed E-state index contributed by atoms with van der Waals surface area (Å²) in [5.74, 6) is 1.28. The van der Waals surface area contributed by atoms with E-state index >= 15 is 0 Å². The van der Waals surface area contributed by atoms with E-state index in [9.17, 15) is 4.79 Å². The van der Waals surface area contributed by atoms with Gasteiger partial charge in [-0.15, -0.1) is 0 Å². The molecule has 0 fully saturated rings. The van der Waals surface area contributed by atoms with E-state index < -0.39 is 0 Å². The van der Waals surface area contributed by atoms with Gasteiger partial charge in [0.05, 0.1) is 5.56 Å². The van der Waals surface area contributed by atoms with Gasteiger partial charge in [0, 0.05) is 8.95 Å². The summed E-state index contributed by atoms with van der Waals surface area (Å²) in [4.78, 5) is 11.7. The van der Waals surface area contributed by atoms with Gasteiger partial charge in [0.2, 0.25) is 0 Å². The quantitative estimate of drug-likeness (QED) is 0.609. The van der Waals surface area contributed by atoms with E-state index in [0.29, 0.717) is 11.3 Å². The minimum atomic E-state index is -0.0214. The van der Waals surface area contributed by atoms with Crippen molar-refractivity contribution >= 4 is 37.6 Å². The molecule has 0 amide bonds. The molecule has 0 aliphatic carbocycles. The summed E-state index contributed by atoms with van der Waals surface area (Å²) in [5, 5.41) is 0. The first kappa shape index (κ1) is 15.3. The summed E-state index contributed by atoms with van der Waals surface area (Å²) in [6.07, 6.45) is 0. The molecule has 0 saturated carbocycles. The highest BCUT2D eigenvalue weighted by atomic mass is 79.9. The number of benzene rings is 2. The van der Waals surface area contributed by atoms with Crippen LogP contribution < -0.4 is 4.74 Å². The van der Waals surface area contributed by atoms with Crippen LogP contribution >= 0.6 is 31.9 Å². The molecule has 0 bridgehead atoms. The van der Waals surface area contributed by atoms with Crippen molar-refractivity contribution in [2.45, 2.75) is 20.8 Å². The molecule has 2 aromatic carbocycles. The largest absolute Gasteiger partial charge is 0.457 e. The van der Waals surface area contributed by atoms with Gasteiger partial charge in [0.15, 0.2) is 5.78 Å². The van der Waals surface area contributed by atoms with Gasteiger partial charge in [-0.05, 0) is 62.2 Å². The van der Waals surface area contributed by atoms with Gasteiger partial charge in [-0.1, -0.05) is 31.9 Å². The van der Waals surface area contributed by atoms with Crippen LogP contribution in [-0.2, 0) is 0 Å². The van der Waals surface area contributed by atoms with Crippen molar-refractivity contribution in [1.29, 1.82) is 0 Å². The number of Topliss-reactive ketones (excluding diaryl/α,β-unsaturated/α-hetero) is 1. The highest BCUT2D eigenvalue weighted by molar-refractivity contribution is 9.10. The highest BCUT2D eigenvalue weighted by Gasteiger charge is 2.11. The number of aryl methyl sites for hydroxylation is 2. The van der Waals surface area contributed by atoms with E-state index in [-0.39, 0.29) is 5.78 Å². The minimum Gasteiger partial charge on any atom is -0.457 e. The summed E-state index contributed by atoms with van der Waals surface area (Å²) in [5.41, 5.74) is 2.76. The molecule has 0 spiro atoms. The zero-order valence-corrected chi connectivity index (χ0v) is 14.6. The Balaban J connectivity index is 2.42. The first-order chi connectivity index (χ1) is 9.38. The third-order valence-corrected chi connectivity index (χ3v) is 4.70. The Morgan fingerprint density at radius 2 is 1.65 bits per heavy atom. The number of rotatable bonds is 3. The van der Waals surface area contributed by atoms with E-state index in [1.165, 1.54) is 6.92 Å². The van der Waals surface area contributed by atoms with E-state index in [4.69, 9.17) is 4.74 Å². The SMILES string of the molecule is CC(=O)c1cc(Br)ccc1Oc1cc(C)c(Br)c(C)c1. The van der Waals surface area contributed by atoms with Crippen LogP contribution in [-0.4, -0.2) is 5.78 Å². The molecule has 0 saturated heterocycles. The molecule has 0 radical (unpaired) electrons. The van der Waals surface area contributed by atoms with Crippen LogP contribution in [0.25, 0.3) is 0 Å². The van der Waals surface area contributed by atoms with Gasteiger partial charge in [-0.3, -0.25) is 4.79 Å². The molecular weight excluding hydrogens is 384 g/mol. The lowest BCUT2D eigenvalue weighted by Gasteiger charge is -2.12. The monoisotopic (exact) mass is 396 g/mol. The van der Waals surface area contributed by atoms with Crippen molar-refractivity contribution < 1.29 is 9.53 Å². The fourth-order valence-corrected chi connectivity index (χ4v) is 2.55. The van der Waals surface area contributed by atoms with Gasteiger partial charge < -0.3 is 4.74 Å². The average molecular weight is 398 g/mol. The van der Waals surface area contributed by atoms with Crippen molar-refractivity contribution in [3.05, 3.63) is 56.0 Å². The average Bonchev–Trinajstić information content (AvgIpc) is 2.37. The van der Waals surface area contributed by atoms with Gasteiger partial charge in [-0.25, -0.2) is 0 Å². The molecule has 0 aliphatic heterocycles. The lowest BCUT2D eigenvalue weighted by molar-refractivity contribution is 0.101. The maximum atomic E-state index is 11.7. The molecule has 0 heterocycles. The maximum absolute atomic E-state index is 11.7. The van der Waals surface area contributed by atoms with Crippen molar-refractivity contribution in [2.75, 3.05) is 0 Å². The summed E-state index contributed by atoms with van der Waals surface area (Å²) >= 11 is 6.90. The van der Waals surface area contributed by atoms with E-state index in [1.54, 1.807) is 12.1 Å². The molecule has 0 unspecified atom stereocenters. The Morgan fingerprint density at radius 3 is 2.20 bits per heavy atom. The van der Waals surface area contributed by atoms with Gasteiger partial charge >= 0.3 is 0 Å². The van der Waals surface area contributed by atoms with Gasteiger partial charge in [0.25, 0.3) is 0 Å². The van der Waals surface area contributed by atoms with Crippen molar-refractivity contribution in [3.63, 3.8) is 0 Å². The zero-order valence-electron chi connectivity index (χ0n) is 11.5. The molecule has 0 aromatic heterocycles. The van der Waals surface area contributed by atoms with Crippen LogP contribution in [0.5, 0.6) is 11.5 Å². The van der Waals surface area contributed by atoms with Crippen molar-refractivity contribution in [3.8, 4) is 11.5 Å². The molecule has 2 rings (SSSR count). The molecule has 20 heavy (non-hydrogen) atoms. The standard InChI is InChI=1S/C16H14Br2O2/c1-9-6-13(7-10(2)16(9)18)20-15-5-4-12(17)8-14(15)11(3)19/h4-8H,1-3H3. The van der Waals surface area contributed by atoms with Crippen LogP contribution in [0, 0.1) is 13.8 Å². The summed E-state index contributed by atoms with van der Waals surface area (Å²) in [7, 11) is 0. The number of ether oxygens (including phenoxy) is 1. The minimum absolute atomic E-state index is 0.0214. The molecule has 2 nitrogen and oxygen atoms in total. The first-order valence-electron chi connectivity index (χ1n) is 6.13. The van der Waals surface area contributed by atoms with Gasteiger partial charge in [-0.2, -0.15) is 0 Å². The Bertz CT molecular complexity index is 655. The normalized spacial score (nSPS) is 10.4. The molecule has 4 heteroatoms. The lowest BCUT2D eigenvalue weighted by Crippen LogP contribution is -1.97. The van der Waals surface area contributed by atoms with Crippen LogP contribution in [0.1, 0.15) is 28.4 Å². The predicted octanol–water partition coefficient (Wildman–Crippen LogP) is 5.82. The lowest BCUT2D eigenvalue weighted by atomic mass is 10.1. The third-order valence-electron chi connectivity index (χ3n) is 2.96. The van der Waals surface area contributed by atoms with E-state index in [0.717, 1.165) is 25.8 Å². The zero-order chi connectivity index (χ0) is 14.9. The van der Waals surface area contributed by atoms with E-state index in [2.05, 4.69) is 31.9 Å². The van der Waals surface area contributed by atoms with Crippen molar-refractivity contribution in [1.82, 2.24) is 0 Å². The van der Waals surface area contributed by atoms with Crippen molar-refractivity contribution in [2.24, 2.45) is 0 Å². The van der Waals surface area contributed by atoms with Gasteiger partial charge in [0.1, 0.15) is 11.5 Å².